The van der Waals surface area contributed by atoms with Crippen molar-refractivity contribution in [2.24, 2.45) is 5.73 Å². The lowest BCUT2D eigenvalue weighted by atomic mass is 9.85. The summed E-state index contributed by atoms with van der Waals surface area (Å²) in [5.41, 5.74) is 6.20. The molecule has 1 saturated carbocycles. The van der Waals surface area contributed by atoms with Crippen LogP contribution in [-0.2, 0) is 5.41 Å². The first kappa shape index (κ1) is 21.5. The van der Waals surface area contributed by atoms with E-state index in [1.165, 1.54) is 30.3 Å². The minimum absolute atomic E-state index is 0.0833. The van der Waals surface area contributed by atoms with Gasteiger partial charge in [-0.25, -0.2) is 9.37 Å². The highest BCUT2D eigenvalue weighted by Crippen LogP contribution is 2.46. The van der Waals surface area contributed by atoms with Crippen LogP contribution in [0.1, 0.15) is 43.9 Å². The molecule has 2 heterocycles. The van der Waals surface area contributed by atoms with Crippen molar-refractivity contribution in [2.75, 3.05) is 13.2 Å². The number of ether oxygens (including phenoxy) is 1. The molecule has 3 N–H and O–H groups in total. The molecule has 0 saturated heterocycles. The van der Waals surface area contributed by atoms with E-state index in [1.54, 1.807) is 0 Å². The summed E-state index contributed by atoms with van der Waals surface area (Å²) in [5, 5.41) is 8.17. The number of hydrogen-bond donors (Lipinski definition) is 2. The van der Waals surface area contributed by atoms with Crippen LogP contribution >= 0.6 is 0 Å². The van der Waals surface area contributed by atoms with Crippen LogP contribution in [0.2, 0.25) is 0 Å². The van der Waals surface area contributed by atoms with Crippen molar-refractivity contribution in [1.82, 2.24) is 4.98 Å². The van der Waals surface area contributed by atoms with Crippen molar-refractivity contribution in [3.05, 3.63) is 47.4 Å². The molecule has 0 amide bonds. The maximum absolute atomic E-state index is 13.3. The van der Waals surface area contributed by atoms with E-state index >= 15 is 0 Å². The van der Waals surface area contributed by atoms with Gasteiger partial charge in [0.1, 0.15) is 23.2 Å². The van der Waals surface area contributed by atoms with Crippen molar-refractivity contribution >= 4 is 0 Å². The zero-order valence-corrected chi connectivity index (χ0v) is 16.3. The maximum atomic E-state index is 13.3. The molecular weight excluding hydrogens is 388 g/mol. The molecule has 1 aliphatic carbocycles. The Hall–Kier alpha value is -2.19. The standard InChI is InChI=1S/C18H18F4N2O.C3H6O/c1-17(2)9-25-16-12(17)7-14(13(8-23)18(20,21)22)24-15(16)10-3-5-11(19)6-4-10;4-3-1-2-3/h3-7,13H,8-9,23H2,1-2H3;3-4H,1-2H2. The normalized spacial score (nSPS) is 18.3. The Morgan fingerprint density at radius 1 is 1.24 bits per heavy atom. The molecule has 158 valence electrons. The van der Waals surface area contributed by atoms with Gasteiger partial charge in [-0.3, -0.25) is 0 Å². The predicted molar refractivity (Wildman–Crippen MR) is 101 cm³/mol. The lowest BCUT2D eigenvalue weighted by molar-refractivity contribution is -0.148. The number of halogens is 4. The molecule has 2 aliphatic rings. The number of fused-ring (bicyclic) bond motifs is 1. The molecule has 0 spiro atoms. The van der Waals surface area contributed by atoms with Crippen LogP contribution in [0.4, 0.5) is 17.6 Å². The van der Waals surface area contributed by atoms with Crippen molar-refractivity contribution in [2.45, 2.75) is 50.3 Å². The third-order valence-electron chi connectivity index (χ3n) is 4.95. The van der Waals surface area contributed by atoms with Crippen LogP contribution in [0.5, 0.6) is 5.75 Å². The summed E-state index contributed by atoms with van der Waals surface area (Å²) in [6.07, 6.45) is -2.33. The summed E-state index contributed by atoms with van der Waals surface area (Å²) < 4.78 is 58.9. The van der Waals surface area contributed by atoms with Crippen molar-refractivity contribution < 1.29 is 27.4 Å². The van der Waals surface area contributed by atoms with Crippen LogP contribution in [-0.4, -0.2) is 35.5 Å². The van der Waals surface area contributed by atoms with Gasteiger partial charge in [-0.2, -0.15) is 13.2 Å². The van der Waals surface area contributed by atoms with E-state index in [0.717, 1.165) is 12.8 Å². The number of rotatable bonds is 3. The van der Waals surface area contributed by atoms with Gasteiger partial charge in [0.2, 0.25) is 0 Å². The highest BCUT2D eigenvalue weighted by Gasteiger charge is 2.43. The van der Waals surface area contributed by atoms with Gasteiger partial charge in [-0.15, -0.1) is 0 Å². The minimum atomic E-state index is -4.50. The lowest BCUT2D eigenvalue weighted by Crippen LogP contribution is -2.29. The number of aromatic nitrogens is 1. The van der Waals surface area contributed by atoms with E-state index in [0.29, 0.717) is 23.5 Å². The van der Waals surface area contributed by atoms with Gasteiger partial charge in [0.25, 0.3) is 0 Å². The summed E-state index contributed by atoms with van der Waals surface area (Å²) >= 11 is 0. The molecule has 1 unspecified atom stereocenters. The fourth-order valence-electron chi connectivity index (χ4n) is 3.01. The van der Waals surface area contributed by atoms with Crippen molar-refractivity contribution in [1.29, 1.82) is 0 Å². The van der Waals surface area contributed by atoms with E-state index < -0.39 is 29.9 Å². The Kier molecular flexibility index (Phi) is 5.87. The fraction of sp³-hybridized carbons (Fsp3) is 0.476. The average Bonchev–Trinajstić information content (AvgIpc) is 3.36. The number of benzene rings is 1. The number of hydrogen-bond acceptors (Lipinski definition) is 4. The quantitative estimate of drug-likeness (QED) is 0.738. The lowest BCUT2D eigenvalue weighted by Gasteiger charge is -2.22. The highest BCUT2D eigenvalue weighted by atomic mass is 19.4. The molecule has 0 bridgehead atoms. The first-order valence-corrected chi connectivity index (χ1v) is 9.42. The second-order valence-electron chi connectivity index (χ2n) is 8.01. The number of nitrogens with two attached hydrogens (primary N) is 1. The van der Waals surface area contributed by atoms with Gasteiger partial charge in [0, 0.05) is 23.1 Å². The Morgan fingerprint density at radius 3 is 2.31 bits per heavy atom. The van der Waals surface area contributed by atoms with Crippen molar-refractivity contribution in [3.63, 3.8) is 0 Å². The van der Waals surface area contributed by atoms with Crippen LogP contribution in [0.25, 0.3) is 11.3 Å². The number of aliphatic hydroxyl groups is 1. The monoisotopic (exact) mass is 412 g/mol. The predicted octanol–water partition coefficient (Wildman–Crippen LogP) is 4.30. The number of aliphatic hydroxyl groups excluding tert-OH is 1. The SMILES string of the molecule is CC1(C)COc2c1cc(C(CN)C(F)(F)F)nc2-c1ccc(F)cc1.OC1CC1. The van der Waals surface area contributed by atoms with E-state index in [2.05, 4.69) is 4.98 Å². The van der Waals surface area contributed by atoms with Crippen molar-refractivity contribution in [3.8, 4) is 17.0 Å². The van der Waals surface area contributed by atoms with Crippen LogP contribution in [0, 0.1) is 5.82 Å². The second kappa shape index (κ2) is 7.91. The third-order valence-corrected chi connectivity index (χ3v) is 4.95. The van der Waals surface area contributed by atoms with Gasteiger partial charge in [0.15, 0.2) is 0 Å². The number of alkyl halides is 3. The van der Waals surface area contributed by atoms with Gasteiger partial charge >= 0.3 is 6.18 Å². The topological polar surface area (TPSA) is 68.4 Å². The van der Waals surface area contributed by atoms with E-state index in [-0.39, 0.29) is 17.5 Å². The molecule has 1 aromatic heterocycles. The van der Waals surface area contributed by atoms with Gasteiger partial charge in [0.05, 0.1) is 18.4 Å². The molecule has 2 aromatic rings. The maximum Gasteiger partial charge on any atom is 0.398 e. The highest BCUT2D eigenvalue weighted by molar-refractivity contribution is 5.70. The zero-order chi connectivity index (χ0) is 21.4. The molecule has 4 rings (SSSR count). The fourth-order valence-corrected chi connectivity index (χ4v) is 3.01. The zero-order valence-electron chi connectivity index (χ0n) is 16.3. The van der Waals surface area contributed by atoms with E-state index in [9.17, 15) is 17.6 Å². The Bertz CT molecular complexity index is 862. The molecule has 8 heteroatoms. The summed E-state index contributed by atoms with van der Waals surface area (Å²) in [4.78, 5) is 4.20. The largest absolute Gasteiger partial charge is 0.490 e. The molecular formula is C21H24F4N2O2. The Labute approximate surface area is 166 Å². The van der Waals surface area contributed by atoms with Gasteiger partial charge in [-0.05, 0) is 43.2 Å². The average molecular weight is 412 g/mol. The number of nitrogens with zero attached hydrogens (tertiary/aromatic N) is 1. The Morgan fingerprint density at radius 2 is 1.83 bits per heavy atom. The van der Waals surface area contributed by atoms with E-state index in [1.807, 2.05) is 13.8 Å². The Balaban J connectivity index is 0.000000536. The van der Waals surface area contributed by atoms with Gasteiger partial charge in [-0.1, -0.05) is 13.8 Å². The van der Waals surface area contributed by atoms with Crippen LogP contribution < -0.4 is 10.5 Å². The van der Waals surface area contributed by atoms with E-state index in [4.69, 9.17) is 15.6 Å². The minimum Gasteiger partial charge on any atom is -0.490 e. The molecule has 1 aliphatic heterocycles. The molecule has 1 atom stereocenters. The summed E-state index contributed by atoms with van der Waals surface area (Å²) in [6, 6.07) is 6.85. The number of pyridine rings is 1. The summed E-state index contributed by atoms with van der Waals surface area (Å²) in [7, 11) is 0. The molecule has 0 radical (unpaired) electrons. The van der Waals surface area contributed by atoms with Crippen LogP contribution in [0.3, 0.4) is 0 Å². The molecule has 1 fully saturated rings. The first-order chi connectivity index (χ1) is 13.5. The second-order valence-corrected chi connectivity index (χ2v) is 8.01. The summed E-state index contributed by atoms with van der Waals surface area (Å²) in [6.45, 7) is 3.52. The molecule has 4 nitrogen and oxygen atoms in total. The van der Waals surface area contributed by atoms with Gasteiger partial charge < -0.3 is 15.6 Å². The first-order valence-electron chi connectivity index (χ1n) is 9.42. The van der Waals surface area contributed by atoms with Crippen LogP contribution in [0.15, 0.2) is 30.3 Å². The molecule has 29 heavy (non-hydrogen) atoms. The smallest absolute Gasteiger partial charge is 0.398 e. The summed E-state index contributed by atoms with van der Waals surface area (Å²) in [5.74, 6) is -1.86. The third kappa shape index (κ3) is 4.87. The molecule has 1 aromatic carbocycles.